The molecule has 1 aliphatic rings. The molecule has 0 aliphatic carbocycles. The molecule has 4 rings (SSSR count). The van der Waals surface area contributed by atoms with Gasteiger partial charge in [0.15, 0.2) is 5.13 Å². The Labute approximate surface area is 207 Å². The van der Waals surface area contributed by atoms with Gasteiger partial charge in [0.1, 0.15) is 17.3 Å². The lowest BCUT2D eigenvalue weighted by molar-refractivity contribution is -0.117. The van der Waals surface area contributed by atoms with Crippen molar-refractivity contribution in [3.05, 3.63) is 69.5 Å². The second kappa shape index (κ2) is 10.5. The molecule has 10 heteroatoms. The van der Waals surface area contributed by atoms with Crippen LogP contribution in [0.5, 0.6) is 0 Å². The molecule has 2 amide bonds. The van der Waals surface area contributed by atoms with Gasteiger partial charge in [0.2, 0.25) is 0 Å². The lowest BCUT2D eigenvalue weighted by Crippen LogP contribution is -2.42. The van der Waals surface area contributed by atoms with Gasteiger partial charge in [-0.1, -0.05) is 18.2 Å². The van der Waals surface area contributed by atoms with Crippen LogP contribution in [0.2, 0.25) is 0 Å². The third kappa shape index (κ3) is 5.26. The van der Waals surface area contributed by atoms with Crippen LogP contribution in [-0.2, 0) is 9.53 Å². The summed E-state index contributed by atoms with van der Waals surface area (Å²) in [5.41, 5.74) is 9.52. The molecule has 1 saturated heterocycles. The Morgan fingerprint density at radius 2 is 1.91 bits per heavy atom. The molecule has 0 radical (unpaired) electrons. The number of anilines is 1. The SMILES string of the molecule is Cc1ccccc1-n1c(C)cc(C=C(C#N)C(=O)NNC(=O)c2csc(N3CCOCC3)n2)c1C. The number of amides is 2. The number of hydrogen-bond acceptors (Lipinski definition) is 7. The predicted octanol–water partition coefficient (Wildman–Crippen LogP) is 3.06. The molecule has 180 valence electrons. The molecule has 1 aliphatic heterocycles. The summed E-state index contributed by atoms with van der Waals surface area (Å²) in [7, 11) is 0. The van der Waals surface area contributed by atoms with Crippen molar-refractivity contribution in [3.8, 4) is 11.8 Å². The Balaban J connectivity index is 1.45. The molecular weight excluding hydrogens is 464 g/mol. The number of hydrazine groups is 1. The van der Waals surface area contributed by atoms with Crippen molar-refractivity contribution in [2.45, 2.75) is 20.8 Å². The third-order valence-corrected chi connectivity index (χ3v) is 6.69. The highest BCUT2D eigenvalue weighted by Gasteiger charge is 2.19. The number of aromatic nitrogens is 2. The van der Waals surface area contributed by atoms with Crippen molar-refractivity contribution >= 4 is 34.4 Å². The number of ether oxygens (including phenoxy) is 1. The highest BCUT2D eigenvalue weighted by Crippen LogP contribution is 2.25. The minimum absolute atomic E-state index is 0.123. The van der Waals surface area contributed by atoms with Crippen molar-refractivity contribution < 1.29 is 14.3 Å². The van der Waals surface area contributed by atoms with Gasteiger partial charge in [0, 0.05) is 35.5 Å². The van der Waals surface area contributed by atoms with Gasteiger partial charge in [-0.15, -0.1) is 11.3 Å². The van der Waals surface area contributed by atoms with Gasteiger partial charge in [-0.3, -0.25) is 20.4 Å². The van der Waals surface area contributed by atoms with E-state index in [1.165, 1.54) is 17.4 Å². The number of morpholine rings is 1. The van der Waals surface area contributed by atoms with E-state index in [4.69, 9.17) is 4.74 Å². The second-order valence-corrected chi connectivity index (χ2v) is 8.98. The zero-order valence-electron chi connectivity index (χ0n) is 19.8. The van der Waals surface area contributed by atoms with Crippen molar-refractivity contribution in [2.75, 3.05) is 31.2 Å². The molecule has 3 aromatic rings. The maximum atomic E-state index is 12.6. The molecule has 35 heavy (non-hydrogen) atoms. The number of nitrogens with zero attached hydrogens (tertiary/aromatic N) is 4. The lowest BCUT2D eigenvalue weighted by Gasteiger charge is -2.25. The normalized spacial score (nSPS) is 13.9. The van der Waals surface area contributed by atoms with Crippen LogP contribution >= 0.6 is 11.3 Å². The zero-order valence-corrected chi connectivity index (χ0v) is 20.6. The first-order valence-corrected chi connectivity index (χ1v) is 12.0. The van der Waals surface area contributed by atoms with Crippen LogP contribution < -0.4 is 15.8 Å². The van der Waals surface area contributed by atoms with Gasteiger partial charge < -0.3 is 14.2 Å². The first kappa shape index (κ1) is 24.2. The van der Waals surface area contributed by atoms with Gasteiger partial charge in [0.25, 0.3) is 11.8 Å². The van der Waals surface area contributed by atoms with Crippen LogP contribution in [0.15, 0.2) is 41.3 Å². The number of hydrogen-bond donors (Lipinski definition) is 2. The van der Waals surface area contributed by atoms with Crippen LogP contribution in [0.25, 0.3) is 11.8 Å². The molecular formula is C25H26N6O3S. The number of thiazole rings is 1. The Kier molecular flexibility index (Phi) is 7.29. The van der Waals surface area contributed by atoms with E-state index in [9.17, 15) is 14.9 Å². The highest BCUT2D eigenvalue weighted by molar-refractivity contribution is 7.13. The van der Waals surface area contributed by atoms with Crippen LogP contribution in [0.1, 0.15) is 33.0 Å². The van der Waals surface area contributed by atoms with E-state index in [0.29, 0.717) is 26.3 Å². The maximum absolute atomic E-state index is 12.6. The molecule has 1 fully saturated rings. The number of nitriles is 1. The van der Waals surface area contributed by atoms with Crippen molar-refractivity contribution in [1.82, 2.24) is 20.4 Å². The number of carbonyl (C=O) groups is 2. The smallest absolute Gasteiger partial charge is 0.289 e. The molecule has 0 unspecified atom stereocenters. The summed E-state index contributed by atoms with van der Waals surface area (Å²) in [4.78, 5) is 31.5. The Morgan fingerprint density at radius 1 is 1.17 bits per heavy atom. The van der Waals surface area contributed by atoms with Crippen molar-refractivity contribution in [2.24, 2.45) is 0 Å². The van der Waals surface area contributed by atoms with E-state index in [1.54, 1.807) is 5.38 Å². The fourth-order valence-corrected chi connectivity index (χ4v) is 4.80. The molecule has 2 aromatic heterocycles. The van der Waals surface area contributed by atoms with Gasteiger partial charge in [-0.2, -0.15) is 5.26 Å². The van der Waals surface area contributed by atoms with Gasteiger partial charge in [-0.25, -0.2) is 4.98 Å². The molecule has 1 aromatic carbocycles. The molecule has 2 N–H and O–H groups in total. The average molecular weight is 491 g/mol. The summed E-state index contributed by atoms with van der Waals surface area (Å²) in [5, 5.41) is 12.0. The van der Waals surface area contributed by atoms with Crippen molar-refractivity contribution in [3.63, 3.8) is 0 Å². The Morgan fingerprint density at radius 3 is 2.63 bits per heavy atom. The average Bonchev–Trinajstić information content (AvgIpc) is 3.47. The summed E-state index contributed by atoms with van der Waals surface area (Å²) in [5.74, 6) is -1.26. The molecule has 3 heterocycles. The van der Waals surface area contributed by atoms with E-state index in [0.717, 1.165) is 33.3 Å². The number of para-hydroxylation sites is 1. The van der Waals surface area contributed by atoms with Gasteiger partial charge in [-0.05, 0) is 50.1 Å². The number of nitrogens with one attached hydrogen (secondary N) is 2. The van der Waals surface area contributed by atoms with Crippen LogP contribution in [0.4, 0.5) is 5.13 Å². The van der Waals surface area contributed by atoms with Crippen LogP contribution in [0, 0.1) is 32.1 Å². The predicted molar refractivity (Wildman–Crippen MR) is 134 cm³/mol. The molecule has 9 nitrogen and oxygen atoms in total. The lowest BCUT2D eigenvalue weighted by atomic mass is 10.1. The van der Waals surface area contributed by atoms with E-state index >= 15 is 0 Å². The number of aryl methyl sites for hydroxylation is 2. The number of rotatable bonds is 5. The topological polar surface area (TPSA) is 112 Å². The van der Waals surface area contributed by atoms with E-state index in [2.05, 4.69) is 20.4 Å². The monoisotopic (exact) mass is 490 g/mol. The van der Waals surface area contributed by atoms with Gasteiger partial charge in [0.05, 0.1) is 13.2 Å². The molecule has 0 bridgehead atoms. The Bertz CT molecular complexity index is 1330. The highest BCUT2D eigenvalue weighted by atomic mass is 32.1. The molecule has 0 atom stereocenters. The zero-order chi connectivity index (χ0) is 24.9. The van der Waals surface area contributed by atoms with E-state index in [1.807, 2.05) is 62.1 Å². The number of carbonyl (C=O) groups excluding carboxylic acids is 2. The number of benzene rings is 1. The maximum Gasteiger partial charge on any atom is 0.289 e. The fraction of sp³-hybridized carbons (Fsp3) is 0.280. The summed E-state index contributed by atoms with van der Waals surface area (Å²) in [6, 6.07) is 11.9. The minimum Gasteiger partial charge on any atom is -0.378 e. The van der Waals surface area contributed by atoms with Gasteiger partial charge >= 0.3 is 0 Å². The van der Waals surface area contributed by atoms with Crippen LogP contribution in [-0.4, -0.2) is 47.7 Å². The summed E-state index contributed by atoms with van der Waals surface area (Å²) < 4.78 is 7.42. The second-order valence-electron chi connectivity index (χ2n) is 8.14. The fourth-order valence-electron chi connectivity index (χ4n) is 3.94. The Hall–Kier alpha value is -3.94. The van der Waals surface area contributed by atoms with E-state index in [-0.39, 0.29) is 11.3 Å². The van der Waals surface area contributed by atoms with Crippen LogP contribution in [0.3, 0.4) is 0 Å². The molecule has 0 spiro atoms. The minimum atomic E-state index is -0.704. The summed E-state index contributed by atoms with van der Waals surface area (Å²) >= 11 is 1.36. The summed E-state index contributed by atoms with van der Waals surface area (Å²) in [6.45, 7) is 8.61. The largest absolute Gasteiger partial charge is 0.378 e. The third-order valence-electron chi connectivity index (χ3n) is 5.79. The van der Waals surface area contributed by atoms with E-state index < -0.39 is 11.8 Å². The van der Waals surface area contributed by atoms with Crippen molar-refractivity contribution in [1.29, 1.82) is 5.26 Å². The summed E-state index contributed by atoms with van der Waals surface area (Å²) in [6.07, 6.45) is 1.53. The first-order valence-electron chi connectivity index (χ1n) is 11.1. The quantitative estimate of drug-likeness (QED) is 0.323. The standard InChI is InChI=1S/C25H26N6O3S/c1-16-6-4-5-7-22(16)31-17(2)12-19(18(31)3)13-20(14-26)23(32)28-29-24(33)21-15-35-25(27-21)30-8-10-34-11-9-30/h4-7,12-13,15H,8-11H2,1-3H3,(H,28,32)(H,29,33). The first-order chi connectivity index (χ1) is 16.9. The molecule has 0 saturated carbocycles.